The Labute approximate surface area is 105 Å². The standard InChI is InChI=1S/C12H15NO5/c1-8-4-5-11(10(6-8)13(15)16)18-7-9(2)12(14)17-3/h4-6,9H,7H2,1-3H3. The summed E-state index contributed by atoms with van der Waals surface area (Å²) in [7, 11) is 1.28. The molecule has 0 fully saturated rings. The summed E-state index contributed by atoms with van der Waals surface area (Å²) >= 11 is 0. The van der Waals surface area contributed by atoms with Crippen molar-refractivity contribution in [3.63, 3.8) is 0 Å². The molecule has 1 aromatic rings. The quantitative estimate of drug-likeness (QED) is 0.456. The Morgan fingerprint density at radius 2 is 2.17 bits per heavy atom. The minimum atomic E-state index is -0.509. The van der Waals surface area contributed by atoms with E-state index in [9.17, 15) is 14.9 Å². The largest absolute Gasteiger partial charge is 0.486 e. The molecule has 0 heterocycles. The summed E-state index contributed by atoms with van der Waals surface area (Å²) in [6.07, 6.45) is 0. The van der Waals surface area contributed by atoms with Crippen molar-refractivity contribution in [2.45, 2.75) is 13.8 Å². The number of nitrogens with zero attached hydrogens (tertiary/aromatic N) is 1. The number of aryl methyl sites for hydroxylation is 1. The fraction of sp³-hybridized carbons (Fsp3) is 0.417. The number of methoxy groups -OCH3 is 1. The van der Waals surface area contributed by atoms with Crippen LogP contribution in [0, 0.1) is 23.0 Å². The van der Waals surface area contributed by atoms with E-state index in [1.807, 2.05) is 0 Å². The average Bonchev–Trinajstić information content (AvgIpc) is 2.35. The highest BCUT2D eigenvalue weighted by atomic mass is 16.6. The number of ether oxygens (including phenoxy) is 2. The third kappa shape index (κ3) is 3.44. The number of nitro benzene ring substituents is 1. The fourth-order valence-electron chi connectivity index (χ4n) is 1.38. The molecule has 6 nitrogen and oxygen atoms in total. The topological polar surface area (TPSA) is 78.7 Å². The van der Waals surface area contributed by atoms with Gasteiger partial charge in [0, 0.05) is 6.07 Å². The number of hydrogen-bond donors (Lipinski definition) is 0. The SMILES string of the molecule is COC(=O)C(C)COc1ccc(C)cc1[N+](=O)[O-]. The Hall–Kier alpha value is -2.11. The van der Waals surface area contributed by atoms with Crippen LogP contribution < -0.4 is 4.74 Å². The minimum absolute atomic E-state index is 0.0383. The predicted molar refractivity (Wildman–Crippen MR) is 64.5 cm³/mol. The van der Waals surface area contributed by atoms with Gasteiger partial charge in [0.15, 0.2) is 5.75 Å². The lowest BCUT2D eigenvalue weighted by atomic mass is 10.2. The van der Waals surface area contributed by atoms with E-state index in [1.54, 1.807) is 19.9 Å². The van der Waals surface area contributed by atoms with Crippen LogP contribution in [0.2, 0.25) is 0 Å². The van der Waals surface area contributed by atoms with E-state index in [4.69, 9.17) is 4.74 Å². The van der Waals surface area contributed by atoms with E-state index < -0.39 is 16.8 Å². The first-order valence-electron chi connectivity index (χ1n) is 5.41. The molecule has 0 spiro atoms. The van der Waals surface area contributed by atoms with E-state index in [0.29, 0.717) is 0 Å². The summed E-state index contributed by atoms with van der Waals surface area (Å²) < 4.78 is 9.84. The molecule has 0 bridgehead atoms. The van der Waals surface area contributed by atoms with Crippen molar-refractivity contribution < 1.29 is 19.2 Å². The zero-order valence-corrected chi connectivity index (χ0v) is 10.5. The highest BCUT2D eigenvalue weighted by molar-refractivity contribution is 5.72. The molecular formula is C12H15NO5. The highest BCUT2D eigenvalue weighted by Crippen LogP contribution is 2.28. The van der Waals surface area contributed by atoms with Crippen molar-refractivity contribution >= 4 is 11.7 Å². The number of esters is 1. The maximum Gasteiger partial charge on any atom is 0.311 e. The van der Waals surface area contributed by atoms with Crippen LogP contribution in [0.5, 0.6) is 5.75 Å². The fourth-order valence-corrected chi connectivity index (χ4v) is 1.38. The van der Waals surface area contributed by atoms with Gasteiger partial charge in [-0.3, -0.25) is 14.9 Å². The van der Waals surface area contributed by atoms with Gasteiger partial charge in [0.1, 0.15) is 6.61 Å². The molecular weight excluding hydrogens is 238 g/mol. The van der Waals surface area contributed by atoms with Gasteiger partial charge in [0.2, 0.25) is 0 Å². The monoisotopic (exact) mass is 253 g/mol. The molecule has 98 valence electrons. The molecule has 6 heteroatoms. The van der Waals surface area contributed by atoms with Crippen molar-refractivity contribution in [2.75, 3.05) is 13.7 Å². The number of carbonyl (C=O) groups is 1. The van der Waals surface area contributed by atoms with Crippen molar-refractivity contribution in [3.05, 3.63) is 33.9 Å². The summed E-state index contributed by atoms with van der Waals surface area (Å²) in [6.45, 7) is 3.43. The molecule has 0 aliphatic heterocycles. The maximum absolute atomic E-state index is 11.2. The van der Waals surface area contributed by atoms with E-state index in [0.717, 1.165) is 5.56 Å². The van der Waals surface area contributed by atoms with Gasteiger partial charge in [0.25, 0.3) is 0 Å². The first-order chi connectivity index (χ1) is 8.45. The molecule has 1 unspecified atom stereocenters. The van der Waals surface area contributed by atoms with Crippen LogP contribution in [0.4, 0.5) is 5.69 Å². The van der Waals surface area contributed by atoms with E-state index in [1.165, 1.54) is 19.2 Å². The lowest BCUT2D eigenvalue weighted by Crippen LogP contribution is -2.20. The summed E-state index contributed by atoms with van der Waals surface area (Å²) in [4.78, 5) is 21.5. The Balaban J connectivity index is 2.79. The molecule has 0 saturated carbocycles. The molecule has 0 N–H and O–H groups in total. The molecule has 1 atom stereocenters. The van der Waals surface area contributed by atoms with Crippen molar-refractivity contribution in [2.24, 2.45) is 5.92 Å². The summed E-state index contributed by atoms with van der Waals surface area (Å²) in [5.41, 5.74) is 0.669. The average molecular weight is 253 g/mol. The first kappa shape index (κ1) is 14.0. The predicted octanol–water partition coefficient (Wildman–Crippen LogP) is 2.09. The normalized spacial score (nSPS) is 11.7. The molecule has 0 aliphatic rings. The van der Waals surface area contributed by atoms with Gasteiger partial charge < -0.3 is 9.47 Å². The number of rotatable bonds is 5. The Bertz CT molecular complexity index is 458. The van der Waals surface area contributed by atoms with Crippen molar-refractivity contribution in [1.29, 1.82) is 0 Å². The van der Waals surface area contributed by atoms with Crippen molar-refractivity contribution in [3.8, 4) is 5.75 Å². The van der Waals surface area contributed by atoms with Crippen LogP contribution in [-0.4, -0.2) is 24.6 Å². The molecule has 1 rings (SSSR count). The van der Waals surface area contributed by atoms with E-state index in [-0.39, 0.29) is 18.0 Å². The first-order valence-corrected chi connectivity index (χ1v) is 5.41. The zero-order chi connectivity index (χ0) is 13.7. The maximum atomic E-state index is 11.2. The van der Waals surface area contributed by atoms with Gasteiger partial charge in [-0.15, -0.1) is 0 Å². The minimum Gasteiger partial charge on any atom is -0.486 e. The Morgan fingerprint density at radius 3 is 2.72 bits per heavy atom. The molecule has 0 radical (unpaired) electrons. The van der Waals surface area contributed by atoms with Gasteiger partial charge in [0.05, 0.1) is 18.0 Å². The Morgan fingerprint density at radius 1 is 1.50 bits per heavy atom. The summed E-state index contributed by atoms with van der Waals surface area (Å²) in [5.74, 6) is -0.734. The second-order valence-corrected chi connectivity index (χ2v) is 3.96. The summed E-state index contributed by atoms with van der Waals surface area (Å²) in [5, 5.41) is 10.8. The van der Waals surface area contributed by atoms with E-state index in [2.05, 4.69) is 4.74 Å². The van der Waals surface area contributed by atoms with Crippen molar-refractivity contribution in [1.82, 2.24) is 0 Å². The molecule has 18 heavy (non-hydrogen) atoms. The lowest BCUT2D eigenvalue weighted by molar-refractivity contribution is -0.385. The van der Waals surface area contributed by atoms with Gasteiger partial charge in [-0.2, -0.15) is 0 Å². The van der Waals surface area contributed by atoms with Crippen LogP contribution in [0.3, 0.4) is 0 Å². The van der Waals surface area contributed by atoms with Gasteiger partial charge >= 0.3 is 11.7 Å². The van der Waals surface area contributed by atoms with Crippen LogP contribution in [-0.2, 0) is 9.53 Å². The second kappa shape index (κ2) is 6.00. The van der Waals surface area contributed by atoms with E-state index >= 15 is 0 Å². The zero-order valence-electron chi connectivity index (χ0n) is 10.5. The highest BCUT2D eigenvalue weighted by Gasteiger charge is 2.18. The summed E-state index contributed by atoms with van der Waals surface area (Å²) in [6, 6.07) is 4.67. The number of benzene rings is 1. The van der Waals surface area contributed by atoms with Gasteiger partial charge in [-0.05, 0) is 25.5 Å². The molecule has 1 aromatic carbocycles. The van der Waals surface area contributed by atoms with Gasteiger partial charge in [-0.25, -0.2) is 0 Å². The molecule has 0 saturated heterocycles. The number of carbonyl (C=O) groups excluding carboxylic acids is 1. The number of hydrogen-bond acceptors (Lipinski definition) is 5. The third-order valence-electron chi connectivity index (χ3n) is 2.40. The number of nitro groups is 1. The van der Waals surface area contributed by atoms with Gasteiger partial charge in [-0.1, -0.05) is 6.07 Å². The third-order valence-corrected chi connectivity index (χ3v) is 2.40. The second-order valence-electron chi connectivity index (χ2n) is 3.96. The smallest absolute Gasteiger partial charge is 0.311 e. The molecule has 0 aromatic heterocycles. The molecule has 0 aliphatic carbocycles. The molecule has 0 amide bonds. The van der Waals surface area contributed by atoms with Crippen LogP contribution in [0.1, 0.15) is 12.5 Å². The Kier molecular flexibility index (Phi) is 4.65. The van der Waals surface area contributed by atoms with Crippen LogP contribution >= 0.6 is 0 Å². The van der Waals surface area contributed by atoms with Crippen LogP contribution in [0.15, 0.2) is 18.2 Å². The lowest BCUT2D eigenvalue weighted by Gasteiger charge is -2.11. The van der Waals surface area contributed by atoms with Crippen LogP contribution in [0.25, 0.3) is 0 Å².